The Hall–Kier alpha value is -1.94. The first kappa shape index (κ1) is 15.3. The molecule has 25 heavy (non-hydrogen) atoms. The van der Waals surface area contributed by atoms with Crippen molar-refractivity contribution in [2.24, 2.45) is 0 Å². The van der Waals surface area contributed by atoms with Gasteiger partial charge in [0.05, 0.1) is 6.04 Å². The van der Waals surface area contributed by atoms with Crippen LogP contribution in [0.15, 0.2) is 60.0 Å². The van der Waals surface area contributed by atoms with Gasteiger partial charge in [-0.2, -0.15) is 0 Å². The van der Waals surface area contributed by atoms with Gasteiger partial charge < -0.3 is 5.32 Å². The smallest absolute Gasteiger partial charge is 0.0697 e. The third kappa shape index (κ3) is 2.73. The molecule has 3 aromatic rings. The first-order valence-corrected chi connectivity index (χ1v) is 9.97. The highest BCUT2D eigenvalue weighted by molar-refractivity contribution is 7.10. The molecule has 0 saturated carbocycles. The Morgan fingerprint density at radius 1 is 0.880 bits per heavy atom. The maximum absolute atomic E-state index is 3.48. The number of thiophene rings is 1. The van der Waals surface area contributed by atoms with Crippen molar-refractivity contribution in [1.82, 2.24) is 10.2 Å². The number of benzene rings is 2. The van der Waals surface area contributed by atoms with Crippen molar-refractivity contribution in [2.45, 2.75) is 12.5 Å². The van der Waals surface area contributed by atoms with Crippen LogP contribution in [0.5, 0.6) is 0 Å². The van der Waals surface area contributed by atoms with Crippen LogP contribution in [0.3, 0.4) is 0 Å². The summed E-state index contributed by atoms with van der Waals surface area (Å²) >= 11 is 1.88. The van der Waals surface area contributed by atoms with Crippen molar-refractivity contribution in [3.05, 3.63) is 81.5 Å². The molecule has 2 heterocycles. The Kier molecular flexibility index (Phi) is 3.93. The van der Waals surface area contributed by atoms with Crippen molar-refractivity contribution < 1.29 is 0 Å². The molecule has 2 nitrogen and oxygen atoms in total. The molecule has 0 unspecified atom stereocenters. The Morgan fingerprint density at radius 3 is 2.56 bits per heavy atom. The second kappa shape index (κ2) is 6.41. The van der Waals surface area contributed by atoms with E-state index in [0.29, 0.717) is 6.04 Å². The van der Waals surface area contributed by atoms with E-state index in [-0.39, 0.29) is 0 Å². The fourth-order valence-corrected chi connectivity index (χ4v) is 5.16. The molecule has 2 aromatic carbocycles. The number of piperazine rings is 1. The average Bonchev–Trinajstić information content (AvgIpc) is 3.30. The van der Waals surface area contributed by atoms with Crippen LogP contribution < -0.4 is 5.32 Å². The summed E-state index contributed by atoms with van der Waals surface area (Å²) in [4.78, 5) is 4.09. The maximum atomic E-state index is 3.48. The fourth-order valence-electron chi connectivity index (χ4n) is 4.28. The van der Waals surface area contributed by atoms with E-state index in [9.17, 15) is 0 Å². The summed E-state index contributed by atoms with van der Waals surface area (Å²) in [7, 11) is 0. The summed E-state index contributed by atoms with van der Waals surface area (Å²) in [5, 5.41) is 5.68. The molecule has 0 amide bonds. The second-order valence-corrected chi connectivity index (χ2v) is 7.93. The van der Waals surface area contributed by atoms with E-state index in [4.69, 9.17) is 0 Å². The molecule has 0 bridgehead atoms. The maximum Gasteiger partial charge on any atom is 0.0697 e. The van der Waals surface area contributed by atoms with Gasteiger partial charge in [0, 0.05) is 31.1 Å². The highest BCUT2D eigenvalue weighted by Crippen LogP contribution is 2.40. The highest BCUT2D eigenvalue weighted by Gasteiger charge is 2.26. The van der Waals surface area contributed by atoms with Gasteiger partial charge >= 0.3 is 0 Å². The summed E-state index contributed by atoms with van der Waals surface area (Å²) in [5.74, 6) is 0. The molecule has 1 aliphatic carbocycles. The quantitative estimate of drug-likeness (QED) is 0.594. The number of fused-ring (bicyclic) bond motifs is 3. The van der Waals surface area contributed by atoms with Crippen molar-refractivity contribution in [2.75, 3.05) is 26.2 Å². The first-order valence-electron chi connectivity index (χ1n) is 9.09. The molecule has 1 N–H and O–H groups in total. The highest BCUT2D eigenvalue weighted by atomic mass is 32.1. The van der Waals surface area contributed by atoms with Crippen LogP contribution in [0.1, 0.15) is 27.6 Å². The minimum Gasteiger partial charge on any atom is -0.314 e. The third-order valence-corrected chi connectivity index (χ3v) is 6.39. The zero-order valence-electron chi connectivity index (χ0n) is 14.2. The number of hydrogen-bond donors (Lipinski definition) is 1. The standard InChI is InChI=1S/C22H22N2S/c1-2-5-19-16(4-1)14-18-15-17(7-8-20(18)19)22(21-6-3-13-25-21)24-11-9-23-10-12-24/h1-8,13,15,22-23H,9-12,14H2/t22-/m0/s1. The Morgan fingerprint density at radius 2 is 1.72 bits per heavy atom. The molecule has 5 rings (SSSR count). The zero-order chi connectivity index (χ0) is 16.6. The Bertz CT molecular complexity index is 879. The molecule has 2 aliphatic rings. The Balaban J connectivity index is 1.55. The van der Waals surface area contributed by atoms with Crippen LogP contribution >= 0.6 is 11.3 Å². The Labute approximate surface area is 153 Å². The van der Waals surface area contributed by atoms with Crippen molar-refractivity contribution in [3.8, 4) is 11.1 Å². The van der Waals surface area contributed by atoms with Crippen LogP contribution in [-0.2, 0) is 6.42 Å². The van der Waals surface area contributed by atoms with Crippen molar-refractivity contribution in [1.29, 1.82) is 0 Å². The van der Waals surface area contributed by atoms with E-state index >= 15 is 0 Å². The van der Waals surface area contributed by atoms with E-state index in [0.717, 1.165) is 32.6 Å². The predicted octanol–water partition coefficient (Wildman–Crippen LogP) is 4.31. The third-order valence-electron chi connectivity index (χ3n) is 5.46. The monoisotopic (exact) mass is 346 g/mol. The second-order valence-electron chi connectivity index (χ2n) is 6.95. The molecule has 1 aromatic heterocycles. The van der Waals surface area contributed by atoms with E-state index in [1.54, 1.807) is 0 Å². The van der Waals surface area contributed by atoms with Gasteiger partial charge in [-0.05, 0) is 45.7 Å². The summed E-state index contributed by atoms with van der Waals surface area (Å²) in [6.07, 6.45) is 1.07. The van der Waals surface area contributed by atoms with Gasteiger partial charge in [-0.3, -0.25) is 4.90 Å². The lowest BCUT2D eigenvalue weighted by molar-refractivity contribution is 0.200. The van der Waals surface area contributed by atoms with Gasteiger partial charge in [0.1, 0.15) is 0 Å². The number of nitrogens with one attached hydrogen (secondary N) is 1. The molecule has 1 atom stereocenters. The molecule has 0 radical (unpaired) electrons. The van der Waals surface area contributed by atoms with Crippen LogP contribution in [-0.4, -0.2) is 31.1 Å². The van der Waals surface area contributed by atoms with Crippen molar-refractivity contribution in [3.63, 3.8) is 0 Å². The van der Waals surface area contributed by atoms with Gasteiger partial charge in [0.2, 0.25) is 0 Å². The molecule has 0 spiro atoms. The first-order chi connectivity index (χ1) is 12.4. The van der Waals surface area contributed by atoms with Crippen LogP contribution in [0.2, 0.25) is 0 Å². The minimum atomic E-state index is 0.385. The molecular formula is C22H22N2S. The van der Waals surface area contributed by atoms with Crippen LogP contribution in [0.25, 0.3) is 11.1 Å². The minimum absolute atomic E-state index is 0.385. The van der Waals surface area contributed by atoms with E-state index in [2.05, 4.69) is 70.2 Å². The molecule has 1 aliphatic heterocycles. The molecule has 3 heteroatoms. The number of rotatable bonds is 3. The largest absolute Gasteiger partial charge is 0.314 e. The number of hydrogen-bond acceptors (Lipinski definition) is 3. The lowest BCUT2D eigenvalue weighted by Crippen LogP contribution is -2.45. The van der Waals surface area contributed by atoms with Crippen LogP contribution in [0, 0.1) is 0 Å². The van der Waals surface area contributed by atoms with E-state index < -0.39 is 0 Å². The molecular weight excluding hydrogens is 324 g/mol. The van der Waals surface area contributed by atoms with Crippen LogP contribution in [0.4, 0.5) is 0 Å². The van der Waals surface area contributed by atoms with Gasteiger partial charge in [0.25, 0.3) is 0 Å². The average molecular weight is 346 g/mol. The fraction of sp³-hybridized carbons (Fsp3) is 0.273. The lowest BCUT2D eigenvalue weighted by Gasteiger charge is -2.35. The van der Waals surface area contributed by atoms with Gasteiger partial charge in [-0.1, -0.05) is 48.5 Å². The van der Waals surface area contributed by atoms with E-state index in [1.165, 1.54) is 32.7 Å². The molecule has 1 fully saturated rings. The SMILES string of the molecule is c1csc([C@H](c2ccc3c(c2)Cc2ccccc2-3)N2CCNCC2)c1. The van der Waals surface area contributed by atoms with Gasteiger partial charge in [-0.25, -0.2) is 0 Å². The summed E-state index contributed by atoms with van der Waals surface area (Å²) in [6, 6.07) is 20.8. The zero-order valence-corrected chi connectivity index (χ0v) is 15.1. The number of nitrogens with zero attached hydrogens (tertiary/aromatic N) is 1. The summed E-state index contributed by atoms with van der Waals surface area (Å²) < 4.78 is 0. The molecule has 126 valence electrons. The normalized spacial score (nSPS) is 17.9. The van der Waals surface area contributed by atoms with Crippen molar-refractivity contribution >= 4 is 11.3 Å². The molecule has 1 saturated heterocycles. The predicted molar refractivity (Wildman–Crippen MR) is 105 cm³/mol. The van der Waals surface area contributed by atoms with Gasteiger partial charge in [-0.15, -0.1) is 11.3 Å². The summed E-state index contributed by atoms with van der Waals surface area (Å²) in [5.41, 5.74) is 7.22. The lowest BCUT2D eigenvalue weighted by atomic mass is 9.97. The van der Waals surface area contributed by atoms with Gasteiger partial charge in [0.15, 0.2) is 0 Å². The van der Waals surface area contributed by atoms with E-state index in [1.807, 2.05) is 11.3 Å². The topological polar surface area (TPSA) is 15.3 Å². The summed E-state index contributed by atoms with van der Waals surface area (Å²) in [6.45, 7) is 4.39.